The Kier molecular flexibility index (Phi) is 5.10. The summed E-state index contributed by atoms with van der Waals surface area (Å²) in [5, 5.41) is 12.3. The van der Waals surface area contributed by atoms with Gasteiger partial charge in [-0.3, -0.25) is 9.59 Å². The van der Waals surface area contributed by atoms with Crippen LogP contribution < -0.4 is 5.32 Å². The monoisotopic (exact) mass is 393 g/mol. The van der Waals surface area contributed by atoms with Crippen LogP contribution >= 0.6 is 22.6 Å². The molecule has 0 heterocycles. The van der Waals surface area contributed by atoms with Crippen molar-refractivity contribution in [3.8, 4) is 0 Å². The van der Waals surface area contributed by atoms with E-state index < -0.39 is 11.7 Å². The van der Waals surface area contributed by atoms with Gasteiger partial charge in [0.15, 0.2) is 0 Å². The first-order valence-electron chi connectivity index (χ1n) is 6.13. The van der Waals surface area contributed by atoms with Gasteiger partial charge in [-0.1, -0.05) is 30.3 Å². The summed E-state index contributed by atoms with van der Waals surface area (Å²) in [6.07, 6.45) is 0.914. The van der Waals surface area contributed by atoms with E-state index in [0.29, 0.717) is 11.3 Å². The highest BCUT2D eigenvalue weighted by Crippen LogP contribution is 2.12. The summed E-state index contributed by atoms with van der Waals surface area (Å²) in [6.45, 7) is 0. The van der Waals surface area contributed by atoms with Crippen molar-refractivity contribution in [2.75, 3.05) is 5.32 Å². The molecule has 0 saturated heterocycles. The topological polar surface area (TPSA) is 66.4 Å². The fourth-order valence-corrected chi connectivity index (χ4v) is 1.97. The number of hydrogen-bond donors (Lipinski definition) is 2. The molecule has 0 unspecified atom stereocenters. The van der Waals surface area contributed by atoms with Crippen molar-refractivity contribution in [2.45, 2.75) is 0 Å². The van der Waals surface area contributed by atoms with Crippen LogP contribution in [0.1, 0.15) is 5.56 Å². The second-order valence-electron chi connectivity index (χ2n) is 4.22. The zero-order valence-electron chi connectivity index (χ0n) is 10.9. The van der Waals surface area contributed by atoms with Gasteiger partial charge in [-0.25, -0.2) is 0 Å². The van der Waals surface area contributed by atoms with Crippen molar-refractivity contribution < 1.29 is 14.7 Å². The van der Waals surface area contributed by atoms with Crippen LogP contribution in [0.4, 0.5) is 5.69 Å². The Morgan fingerprint density at radius 2 is 1.62 bits per heavy atom. The van der Waals surface area contributed by atoms with E-state index in [1.165, 1.54) is 0 Å². The van der Waals surface area contributed by atoms with E-state index in [1.54, 1.807) is 42.5 Å². The fourth-order valence-electron chi connectivity index (χ4n) is 1.61. The number of aliphatic hydroxyl groups is 1. The number of aliphatic hydroxyl groups excluding tert-OH is 1. The van der Waals surface area contributed by atoms with Crippen LogP contribution in [0.15, 0.2) is 60.7 Å². The SMILES string of the molecule is O=C(C=C(O)c1ccccc1)C(=O)Nc1ccc(I)cc1. The largest absolute Gasteiger partial charge is 0.507 e. The van der Waals surface area contributed by atoms with E-state index in [9.17, 15) is 14.7 Å². The zero-order chi connectivity index (χ0) is 15.2. The van der Waals surface area contributed by atoms with Gasteiger partial charge < -0.3 is 10.4 Å². The molecule has 0 atom stereocenters. The number of halogens is 1. The number of carbonyl (C=O) groups excluding carboxylic acids is 2. The molecule has 5 heteroatoms. The van der Waals surface area contributed by atoms with Crippen LogP contribution in [0.25, 0.3) is 5.76 Å². The molecule has 21 heavy (non-hydrogen) atoms. The summed E-state index contributed by atoms with van der Waals surface area (Å²) in [4.78, 5) is 23.5. The summed E-state index contributed by atoms with van der Waals surface area (Å²) in [5.41, 5.74) is 1.01. The molecule has 0 bridgehead atoms. The number of ketones is 1. The van der Waals surface area contributed by atoms with Crippen LogP contribution in [0.2, 0.25) is 0 Å². The molecule has 0 radical (unpaired) electrons. The summed E-state index contributed by atoms with van der Waals surface area (Å²) in [6, 6.07) is 15.6. The van der Waals surface area contributed by atoms with Gasteiger partial charge in [-0.05, 0) is 46.9 Å². The lowest BCUT2D eigenvalue weighted by Gasteiger charge is -2.03. The molecule has 106 valence electrons. The van der Waals surface area contributed by atoms with Crippen LogP contribution in [-0.2, 0) is 9.59 Å². The van der Waals surface area contributed by atoms with E-state index in [4.69, 9.17) is 0 Å². The summed E-state index contributed by atoms with van der Waals surface area (Å²) >= 11 is 2.14. The van der Waals surface area contributed by atoms with Crippen molar-refractivity contribution >= 4 is 45.7 Å². The van der Waals surface area contributed by atoms with Gasteiger partial charge in [-0.2, -0.15) is 0 Å². The second kappa shape index (κ2) is 7.03. The maximum atomic E-state index is 11.7. The lowest BCUT2D eigenvalue weighted by Crippen LogP contribution is -2.21. The number of anilines is 1. The molecule has 0 aliphatic heterocycles. The minimum absolute atomic E-state index is 0.238. The highest BCUT2D eigenvalue weighted by Gasteiger charge is 2.13. The van der Waals surface area contributed by atoms with Crippen molar-refractivity contribution in [1.29, 1.82) is 0 Å². The number of benzene rings is 2. The van der Waals surface area contributed by atoms with E-state index in [2.05, 4.69) is 27.9 Å². The maximum absolute atomic E-state index is 11.7. The molecule has 2 rings (SSSR count). The van der Waals surface area contributed by atoms with E-state index in [1.807, 2.05) is 12.1 Å². The van der Waals surface area contributed by atoms with Crippen LogP contribution in [-0.4, -0.2) is 16.8 Å². The van der Waals surface area contributed by atoms with Crippen LogP contribution in [0.5, 0.6) is 0 Å². The molecule has 2 aromatic rings. The molecular weight excluding hydrogens is 381 g/mol. The molecular formula is C16H12INO3. The third-order valence-electron chi connectivity index (χ3n) is 2.66. The Labute approximate surface area is 135 Å². The summed E-state index contributed by atoms with van der Waals surface area (Å²) in [7, 11) is 0. The molecule has 0 aliphatic carbocycles. The molecule has 4 nitrogen and oxygen atoms in total. The number of amides is 1. The Hall–Kier alpha value is -2.15. The zero-order valence-corrected chi connectivity index (χ0v) is 13.1. The van der Waals surface area contributed by atoms with Crippen molar-refractivity contribution in [2.24, 2.45) is 0 Å². The average Bonchev–Trinajstić information content (AvgIpc) is 2.50. The Morgan fingerprint density at radius 3 is 2.24 bits per heavy atom. The molecule has 0 aromatic heterocycles. The van der Waals surface area contributed by atoms with Gasteiger partial charge in [0, 0.05) is 20.9 Å². The highest BCUT2D eigenvalue weighted by molar-refractivity contribution is 14.1. The second-order valence-corrected chi connectivity index (χ2v) is 5.47. The highest BCUT2D eigenvalue weighted by atomic mass is 127. The number of rotatable bonds is 4. The average molecular weight is 393 g/mol. The number of nitrogens with one attached hydrogen (secondary N) is 1. The minimum Gasteiger partial charge on any atom is -0.507 e. The van der Waals surface area contributed by atoms with Crippen molar-refractivity contribution in [1.82, 2.24) is 0 Å². The predicted octanol–water partition coefficient (Wildman–Crippen LogP) is 3.40. The third-order valence-corrected chi connectivity index (χ3v) is 3.38. The van der Waals surface area contributed by atoms with Gasteiger partial charge in [0.2, 0.25) is 5.78 Å². The molecule has 0 saturated carbocycles. The lowest BCUT2D eigenvalue weighted by atomic mass is 10.1. The first-order valence-corrected chi connectivity index (χ1v) is 7.21. The predicted molar refractivity (Wildman–Crippen MR) is 89.8 cm³/mol. The van der Waals surface area contributed by atoms with E-state index in [0.717, 1.165) is 9.65 Å². The van der Waals surface area contributed by atoms with Gasteiger partial charge in [0.25, 0.3) is 5.91 Å². The Morgan fingerprint density at radius 1 is 1.00 bits per heavy atom. The molecule has 0 aliphatic rings. The van der Waals surface area contributed by atoms with Gasteiger partial charge in [0.05, 0.1) is 0 Å². The smallest absolute Gasteiger partial charge is 0.296 e. The van der Waals surface area contributed by atoms with Crippen molar-refractivity contribution in [3.63, 3.8) is 0 Å². The van der Waals surface area contributed by atoms with Crippen LogP contribution in [0.3, 0.4) is 0 Å². The Balaban J connectivity index is 2.06. The maximum Gasteiger partial charge on any atom is 0.296 e. The molecule has 0 fully saturated rings. The summed E-state index contributed by atoms with van der Waals surface area (Å²) in [5.74, 6) is -1.84. The van der Waals surface area contributed by atoms with Crippen LogP contribution in [0, 0.1) is 3.57 Å². The minimum atomic E-state index is -0.810. The third kappa shape index (κ3) is 4.42. The van der Waals surface area contributed by atoms with E-state index >= 15 is 0 Å². The van der Waals surface area contributed by atoms with Gasteiger partial charge >= 0.3 is 0 Å². The van der Waals surface area contributed by atoms with Crippen molar-refractivity contribution in [3.05, 3.63) is 69.8 Å². The first kappa shape index (κ1) is 15.2. The first-order chi connectivity index (χ1) is 10.1. The molecule has 2 aromatic carbocycles. The quantitative estimate of drug-likeness (QED) is 0.362. The Bertz CT molecular complexity index is 678. The van der Waals surface area contributed by atoms with Gasteiger partial charge in [-0.15, -0.1) is 0 Å². The molecule has 2 N–H and O–H groups in total. The molecule has 0 spiro atoms. The van der Waals surface area contributed by atoms with Gasteiger partial charge in [0.1, 0.15) is 5.76 Å². The lowest BCUT2D eigenvalue weighted by molar-refractivity contribution is -0.131. The summed E-state index contributed by atoms with van der Waals surface area (Å²) < 4.78 is 1.03. The number of carbonyl (C=O) groups is 2. The molecule has 1 amide bonds. The number of hydrogen-bond acceptors (Lipinski definition) is 3. The fraction of sp³-hybridized carbons (Fsp3) is 0. The van der Waals surface area contributed by atoms with E-state index in [-0.39, 0.29) is 5.76 Å². The normalized spacial score (nSPS) is 11.0. The standard InChI is InChI=1S/C16H12INO3/c17-12-6-8-13(9-7-12)18-16(21)15(20)10-14(19)11-4-2-1-3-5-11/h1-10,19H,(H,18,21).